The van der Waals surface area contributed by atoms with Crippen LogP contribution in [0.5, 0.6) is 0 Å². The molecule has 0 bridgehead atoms. The maximum atomic E-state index is 5.19. The molecule has 0 aliphatic rings. The van der Waals surface area contributed by atoms with E-state index in [9.17, 15) is 0 Å². The highest BCUT2D eigenvalue weighted by Crippen LogP contribution is 2.36. The molecule has 5 heteroatoms. The lowest BCUT2D eigenvalue weighted by molar-refractivity contribution is 1.22. The minimum absolute atomic E-state index is 0.708. The third-order valence-corrected chi connectivity index (χ3v) is 9.60. The molecule has 0 atom stereocenters. The molecule has 0 amide bonds. The number of fused-ring (bicyclic) bond motifs is 6. The summed E-state index contributed by atoms with van der Waals surface area (Å²) >= 11 is 0. The number of benzene rings is 6. The van der Waals surface area contributed by atoms with Gasteiger partial charge in [0.05, 0.1) is 27.9 Å². The number of pyridine rings is 2. The van der Waals surface area contributed by atoms with Crippen LogP contribution in [0.4, 0.5) is 0 Å². The predicted octanol–water partition coefficient (Wildman–Crippen LogP) is 11.3. The largest absolute Gasteiger partial charge is 0.298 e. The van der Waals surface area contributed by atoms with Crippen LogP contribution in [0, 0.1) is 0 Å². The summed E-state index contributed by atoms with van der Waals surface area (Å²) in [5.74, 6) is 0.708. The van der Waals surface area contributed by atoms with Crippen LogP contribution in [0.25, 0.3) is 94.6 Å². The molecule has 0 aliphatic carbocycles. The average molecular weight is 652 g/mol. The third-order valence-electron chi connectivity index (χ3n) is 9.60. The van der Waals surface area contributed by atoms with Gasteiger partial charge in [0, 0.05) is 33.7 Å². The topological polar surface area (TPSA) is 56.0 Å². The summed E-state index contributed by atoms with van der Waals surface area (Å²) < 4.78 is 2.14. The van der Waals surface area contributed by atoms with Crippen molar-refractivity contribution in [3.05, 3.63) is 176 Å². The van der Waals surface area contributed by atoms with Crippen molar-refractivity contribution in [3.63, 3.8) is 0 Å². The number of hydrogen-bond acceptors (Lipinski definition) is 4. The predicted molar refractivity (Wildman–Crippen MR) is 208 cm³/mol. The first kappa shape index (κ1) is 29.0. The van der Waals surface area contributed by atoms with Crippen molar-refractivity contribution in [2.45, 2.75) is 0 Å². The first-order valence-electron chi connectivity index (χ1n) is 17.1. The van der Waals surface area contributed by atoms with E-state index >= 15 is 0 Å². The molecule has 0 N–H and O–H groups in total. The lowest BCUT2D eigenvalue weighted by atomic mass is 9.98. The van der Waals surface area contributed by atoms with E-state index < -0.39 is 0 Å². The number of nitrogens with zero attached hydrogens (tertiary/aromatic N) is 5. The molecule has 238 valence electrons. The first-order chi connectivity index (χ1) is 25.3. The molecular formula is C46H29N5. The van der Waals surface area contributed by atoms with Crippen LogP contribution in [0.1, 0.15) is 0 Å². The summed E-state index contributed by atoms with van der Waals surface area (Å²) in [5, 5.41) is 2.07. The second kappa shape index (κ2) is 11.9. The van der Waals surface area contributed by atoms with E-state index in [-0.39, 0.29) is 0 Å². The van der Waals surface area contributed by atoms with Gasteiger partial charge in [-0.15, -0.1) is 0 Å². The van der Waals surface area contributed by atoms with Gasteiger partial charge >= 0.3 is 0 Å². The Kier molecular flexibility index (Phi) is 6.74. The van der Waals surface area contributed by atoms with Gasteiger partial charge < -0.3 is 0 Å². The molecule has 6 aromatic carbocycles. The van der Waals surface area contributed by atoms with Crippen LogP contribution in [0.15, 0.2) is 176 Å². The zero-order valence-electron chi connectivity index (χ0n) is 27.5. The highest BCUT2D eigenvalue weighted by Gasteiger charge is 2.17. The maximum Gasteiger partial charge on any atom is 0.160 e. The third kappa shape index (κ3) is 5.03. The van der Waals surface area contributed by atoms with Gasteiger partial charge in [-0.05, 0) is 58.7 Å². The highest BCUT2D eigenvalue weighted by atomic mass is 15.0. The van der Waals surface area contributed by atoms with Crippen molar-refractivity contribution < 1.29 is 0 Å². The van der Waals surface area contributed by atoms with Gasteiger partial charge in [-0.2, -0.15) is 0 Å². The Hall–Kier alpha value is -6.98. The Morgan fingerprint density at radius 2 is 0.941 bits per heavy atom. The number of hydrogen-bond donors (Lipinski definition) is 0. The van der Waals surface area contributed by atoms with Crippen LogP contribution < -0.4 is 0 Å². The summed E-state index contributed by atoms with van der Waals surface area (Å²) in [6.45, 7) is 0. The smallest absolute Gasteiger partial charge is 0.160 e. The van der Waals surface area contributed by atoms with Crippen LogP contribution >= 0.6 is 0 Å². The Balaban J connectivity index is 1.06. The summed E-state index contributed by atoms with van der Waals surface area (Å²) in [6, 6.07) is 58.8. The molecule has 0 fully saturated rings. The van der Waals surface area contributed by atoms with Gasteiger partial charge in [-0.25, -0.2) is 19.9 Å². The molecular weight excluding hydrogens is 623 g/mol. The first-order valence-corrected chi connectivity index (χ1v) is 17.1. The SMILES string of the molecule is c1ccc(-c2cccc(-c3nc(-c4ccc(-c5cccc(-c6nc7ccccc7c7nc8ccccn8c67)c5)cc4)c4ccccc4n3)c2)cc1. The summed E-state index contributed by atoms with van der Waals surface area (Å²) in [5.41, 5.74) is 14.2. The van der Waals surface area contributed by atoms with Crippen molar-refractivity contribution in [1.29, 1.82) is 0 Å². The molecule has 0 aliphatic heterocycles. The molecule has 51 heavy (non-hydrogen) atoms. The van der Waals surface area contributed by atoms with E-state index in [1.165, 1.54) is 5.56 Å². The lowest BCUT2D eigenvalue weighted by Gasteiger charge is -2.12. The van der Waals surface area contributed by atoms with Crippen molar-refractivity contribution in [2.24, 2.45) is 0 Å². The summed E-state index contributed by atoms with van der Waals surface area (Å²) in [4.78, 5) is 20.4. The molecule has 0 saturated carbocycles. The van der Waals surface area contributed by atoms with Gasteiger partial charge in [0.15, 0.2) is 5.82 Å². The van der Waals surface area contributed by atoms with E-state index in [1.807, 2.05) is 48.5 Å². The van der Waals surface area contributed by atoms with E-state index in [2.05, 4.69) is 132 Å². The molecule has 0 spiro atoms. The normalized spacial score (nSPS) is 11.5. The van der Waals surface area contributed by atoms with E-state index in [0.29, 0.717) is 5.82 Å². The van der Waals surface area contributed by atoms with Gasteiger partial charge in [-0.3, -0.25) is 4.40 Å². The minimum atomic E-state index is 0.708. The van der Waals surface area contributed by atoms with Crippen LogP contribution in [0.2, 0.25) is 0 Å². The van der Waals surface area contributed by atoms with Crippen molar-refractivity contribution in [1.82, 2.24) is 24.3 Å². The highest BCUT2D eigenvalue weighted by molar-refractivity contribution is 6.09. The van der Waals surface area contributed by atoms with Crippen LogP contribution in [-0.4, -0.2) is 24.3 Å². The second-order valence-corrected chi connectivity index (χ2v) is 12.7. The standard InChI is InChI=1S/C46H29N5/c1-2-12-30(13-3-1)34-15-11-17-36(29-34)46-48-40-21-7-4-18-37(40)42(50-46)32-25-23-31(24-26-32)33-14-10-16-35(28-33)43-45-44(38-19-5-6-20-39(38)47-43)49-41-22-8-9-27-51(41)45/h1-29H. The molecule has 0 saturated heterocycles. The number of imidazole rings is 1. The molecule has 10 rings (SSSR count). The maximum absolute atomic E-state index is 5.19. The summed E-state index contributed by atoms with van der Waals surface area (Å²) in [7, 11) is 0. The molecule has 4 aromatic heterocycles. The van der Waals surface area contributed by atoms with E-state index in [0.717, 1.165) is 83.3 Å². The van der Waals surface area contributed by atoms with E-state index in [4.69, 9.17) is 19.9 Å². The van der Waals surface area contributed by atoms with Crippen LogP contribution in [-0.2, 0) is 0 Å². The molecule has 10 aromatic rings. The monoisotopic (exact) mass is 651 g/mol. The van der Waals surface area contributed by atoms with Gasteiger partial charge in [0.2, 0.25) is 0 Å². The minimum Gasteiger partial charge on any atom is -0.298 e. The molecule has 0 unspecified atom stereocenters. The molecule has 4 heterocycles. The lowest BCUT2D eigenvalue weighted by Crippen LogP contribution is -1.95. The Morgan fingerprint density at radius 1 is 0.353 bits per heavy atom. The fraction of sp³-hybridized carbons (Fsp3) is 0. The summed E-state index contributed by atoms with van der Waals surface area (Å²) in [6.07, 6.45) is 2.06. The van der Waals surface area contributed by atoms with Gasteiger partial charge in [0.1, 0.15) is 11.2 Å². The second-order valence-electron chi connectivity index (χ2n) is 12.7. The Bertz CT molecular complexity index is 2910. The average Bonchev–Trinajstić information content (AvgIpc) is 3.61. The Morgan fingerprint density at radius 3 is 1.75 bits per heavy atom. The Labute approximate surface area is 294 Å². The number of rotatable bonds is 5. The van der Waals surface area contributed by atoms with Crippen LogP contribution in [0.3, 0.4) is 0 Å². The van der Waals surface area contributed by atoms with Gasteiger partial charge in [0.25, 0.3) is 0 Å². The quantitative estimate of drug-likeness (QED) is 0.186. The van der Waals surface area contributed by atoms with Crippen molar-refractivity contribution >= 4 is 38.5 Å². The van der Waals surface area contributed by atoms with Crippen molar-refractivity contribution in [3.8, 4) is 56.2 Å². The van der Waals surface area contributed by atoms with E-state index in [1.54, 1.807) is 0 Å². The van der Waals surface area contributed by atoms with Crippen molar-refractivity contribution in [2.75, 3.05) is 0 Å². The fourth-order valence-electron chi connectivity index (χ4n) is 7.12. The molecule has 0 radical (unpaired) electrons. The zero-order chi connectivity index (χ0) is 33.7. The number of aromatic nitrogens is 5. The van der Waals surface area contributed by atoms with Gasteiger partial charge in [-0.1, -0.05) is 133 Å². The fourth-order valence-corrected chi connectivity index (χ4v) is 7.12. The molecule has 5 nitrogen and oxygen atoms in total. The number of para-hydroxylation sites is 2. The zero-order valence-corrected chi connectivity index (χ0v) is 27.5.